The summed E-state index contributed by atoms with van der Waals surface area (Å²) < 4.78 is 6.52. The lowest BCUT2D eigenvalue weighted by Crippen LogP contribution is -2.34. The van der Waals surface area contributed by atoms with Crippen molar-refractivity contribution in [1.82, 2.24) is 10.7 Å². The summed E-state index contributed by atoms with van der Waals surface area (Å²) in [4.78, 5) is 23.2. The van der Waals surface area contributed by atoms with Crippen molar-refractivity contribution >= 4 is 63.2 Å². The SMILES string of the molecule is O=C(CNC(=O)c1ccco1)N/N=C/c1cc(I)cc(I)c1O. The second kappa shape index (κ2) is 8.29. The van der Waals surface area contributed by atoms with E-state index in [-0.39, 0.29) is 18.1 Å². The quantitative estimate of drug-likeness (QED) is 0.308. The van der Waals surface area contributed by atoms with E-state index in [2.05, 4.69) is 38.4 Å². The van der Waals surface area contributed by atoms with Crippen LogP contribution in [-0.2, 0) is 4.79 Å². The molecule has 0 bridgehead atoms. The average molecular weight is 539 g/mol. The van der Waals surface area contributed by atoms with Gasteiger partial charge in [0.05, 0.1) is 22.6 Å². The number of rotatable bonds is 5. The Morgan fingerprint density at radius 3 is 2.83 bits per heavy atom. The maximum atomic E-state index is 11.6. The van der Waals surface area contributed by atoms with Crippen molar-refractivity contribution in [3.05, 3.63) is 49.0 Å². The first-order chi connectivity index (χ1) is 11.0. The molecule has 2 amide bonds. The Morgan fingerprint density at radius 2 is 2.13 bits per heavy atom. The first kappa shape index (κ1) is 17.7. The first-order valence-corrected chi connectivity index (χ1v) is 8.44. The molecule has 0 fully saturated rings. The van der Waals surface area contributed by atoms with Gasteiger partial charge in [-0.2, -0.15) is 5.10 Å². The topological polar surface area (TPSA) is 104 Å². The average Bonchev–Trinajstić information content (AvgIpc) is 3.04. The summed E-state index contributed by atoms with van der Waals surface area (Å²) >= 11 is 4.12. The lowest BCUT2D eigenvalue weighted by atomic mass is 10.2. The Labute approximate surface area is 158 Å². The van der Waals surface area contributed by atoms with E-state index in [9.17, 15) is 14.7 Å². The van der Waals surface area contributed by atoms with Crippen molar-refractivity contribution < 1.29 is 19.1 Å². The Bertz CT molecular complexity index is 745. The number of nitrogens with one attached hydrogen (secondary N) is 2. The third-order valence-electron chi connectivity index (χ3n) is 2.61. The summed E-state index contributed by atoms with van der Waals surface area (Å²) in [5, 5.41) is 16.0. The number of furan rings is 1. The van der Waals surface area contributed by atoms with Crippen molar-refractivity contribution in [2.45, 2.75) is 0 Å². The third-order valence-corrected chi connectivity index (χ3v) is 4.05. The minimum Gasteiger partial charge on any atom is -0.506 e. The number of aromatic hydroxyl groups is 1. The van der Waals surface area contributed by atoms with Crippen molar-refractivity contribution in [3.63, 3.8) is 0 Å². The van der Waals surface area contributed by atoms with E-state index in [4.69, 9.17) is 4.42 Å². The highest BCUT2D eigenvalue weighted by Crippen LogP contribution is 2.25. The van der Waals surface area contributed by atoms with Crippen LogP contribution < -0.4 is 10.7 Å². The number of hydrogen-bond acceptors (Lipinski definition) is 5. The summed E-state index contributed by atoms with van der Waals surface area (Å²) in [7, 11) is 0. The van der Waals surface area contributed by atoms with E-state index < -0.39 is 11.8 Å². The van der Waals surface area contributed by atoms with Crippen LogP contribution in [0.25, 0.3) is 0 Å². The Balaban J connectivity index is 1.86. The van der Waals surface area contributed by atoms with Gasteiger partial charge >= 0.3 is 0 Å². The van der Waals surface area contributed by atoms with Gasteiger partial charge in [0.2, 0.25) is 0 Å². The summed E-state index contributed by atoms with van der Waals surface area (Å²) in [5.41, 5.74) is 2.75. The molecular weight excluding hydrogens is 528 g/mol. The Kier molecular flexibility index (Phi) is 6.38. The highest BCUT2D eigenvalue weighted by Gasteiger charge is 2.10. The van der Waals surface area contributed by atoms with Gasteiger partial charge in [-0.1, -0.05) is 0 Å². The molecule has 2 rings (SSSR count). The number of hydrogen-bond donors (Lipinski definition) is 3. The van der Waals surface area contributed by atoms with E-state index in [1.165, 1.54) is 18.5 Å². The van der Waals surface area contributed by atoms with E-state index in [0.717, 1.165) is 3.57 Å². The molecular formula is C14H11I2N3O4. The van der Waals surface area contributed by atoms with Crippen LogP contribution in [0.5, 0.6) is 5.75 Å². The second-order valence-electron chi connectivity index (χ2n) is 4.28. The molecule has 0 aliphatic heterocycles. The highest BCUT2D eigenvalue weighted by molar-refractivity contribution is 14.1. The largest absolute Gasteiger partial charge is 0.506 e. The highest BCUT2D eigenvalue weighted by atomic mass is 127. The van der Waals surface area contributed by atoms with Crippen molar-refractivity contribution in [2.75, 3.05) is 6.54 Å². The standard InChI is InChI=1S/C14H11I2N3O4/c15-9-4-8(13(21)10(16)5-9)6-18-19-12(20)7-17-14(22)11-2-1-3-23-11/h1-6,21H,7H2,(H,17,22)(H,19,20)/b18-6+. The van der Waals surface area contributed by atoms with Crippen LogP contribution in [0.15, 0.2) is 40.0 Å². The monoisotopic (exact) mass is 539 g/mol. The number of nitrogens with zero attached hydrogens (tertiary/aromatic N) is 1. The molecule has 0 unspecified atom stereocenters. The number of benzene rings is 1. The predicted octanol–water partition coefficient (Wildman–Crippen LogP) is 2.07. The minimum atomic E-state index is -0.499. The van der Waals surface area contributed by atoms with Gasteiger partial charge in [0.15, 0.2) is 5.76 Å². The van der Waals surface area contributed by atoms with Crippen LogP contribution in [-0.4, -0.2) is 29.7 Å². The van der Waals surface area contributed by atoms with Gasteiger partial charge in [0, 0.05) is 9.13 Å². The van der Waals surface area contributed by atoms with Gasteiger partial charge < -0.3 is 14.8 Å². The summed E-state index contributed by atoms with van der Waals surface area (Å²) in [5.74, 6) is -0.769. The fraction of sp³-hybridized carbons (Fsp3) is 0.0714. The molecule has 0 saturated carbocycles. The van der Waals surface area contributed by atoms with Gasteiger partial charge in [-0.25, -0.2) is 5.43 Å². The molecule has 7 nitrogen and oxygen atoms in total. The van der Waals surface area contributed by atoms with Crippen LogP contribution in [0.3, 0.4) is 0 Å². The summed E-state index contributed by atoms with van der Waals surface area (Å²) in [6.07, 6.45) is 2.71. The predicted molar refractivity (Wildman–Crippen MR) is 100 cm³/mol. The first-order valence-electron chi connectivity index (χ1n) is 6.29. The molecule has 0 saturated heterocycles. The number of halogens is 2. The number of carbonyl (C=O) groups excluding carboxylic acids is 2. The van der Waals surface area contributed by atoms with E-state index in [1.807, 2.05) is 28.7 Å². The maximum Gasteiger partial charge on any atom is 0.287 e. The second-order valence-corrected chi connectivity index (χ2v) is 6.69. The lowest BCUT2D eigenvalue weighted by Gasteiger charge is -2.04. The number of phenols is 1. The molecule has 3 N–H and O–H groups in total. The molecule has 1 heterocycles. The zero-order valence-corrected chi connectivity index (χ0v) is 15.9. The van der Waals surface area contributed by atoms with E-state index in [0.29, 0.717) is 9.13 Å². The minimum absolute atomic E-state index is 0.0927. The molecule has 23 heavy (non-hydrogen) atoms. The van der Waals surface area contributed by atoms with E-state index in [1.54, 1.807) is 12.1 Å². The van der Waals surface area contributed by atoms with Crippen LogP contribution in [0.1, 0.15) is 16.1 Å². The summed E-state index contributed by atoms with van der Waals surface area (Å²) in [6, 6.07) is 6.62. The molecule has 1 aromatic carbocycles. The molecule has 0 aliphatic rings. The van der Waals surface area contributed by atoms with Gasteiger partial charge in [-0.3, -0.25) is 9.59 Å². The van der Waals surface area contributed by atoms with Crippen LogP contribution in [0, 0.1) is 7.14 Å². The Hall–Kier alpha value is -1.63. The van der Waals surface area contributed by atoms with Crippen molar-refractivity contribution in [2.24, 2.45) is 5.10 Å². The zero-order valence-electron chi connectivity index (χ0n) is 11.5. The molecule has 120 valence electrons. The molecule has 9 heteroatoms. The lowest BCUT2D eigenvalue weighted by molar-refractivity contribution is -0.120. The Morgan fingerprint density at radius 1 is 1.35 bits per heavy atom. The molecule has 0 atom stereocenters. The smallest absolute Gasteiger partial charge is 0.287 e. The zero-order chi connectivity index (χ0) is 16.8. The number of amides is 2. The summed E-state index contributed by atoms with van der Waals surface area (Å²) in [6.45, 7) is -0.243. The maximum absolute atomic E-state index is 11.6. The van der Waals surface area contributed by atoms with Gasteiger partial charge in [0.1, 0.15) is 5.75 Å². The fourth-order valence-corrected chi connectivity index (χ4v) is 3.44. The van der Waals surface area contributed by atoms with Crippen molar-refractivity contribution in [3.8, 4) is 5.75 Å². The third kappa shape index (κ3) is 5.20. The molecule has 2 aromatic rings. The van der Waals surface area contributed by atoms with Crippen molar-refractivity contribution in [1.29, 1.82) is 0 Å². The normalized spacial score (nSPS) is 10.7. The van der Waals surface area contributed by atoms with Crippen LogP contribution >= 0.6 is 45.2 Å². The van der Waals surface area contributed by atoms with Gasteiger partial charge in [-0.15, -0.1) is 0 Å². The van der Waals surface area contributed by atoms with Gasteiger partial charge in [-0.05, 0) is 69.4 Å². The molecule has 0 radical (unpaired) electrons. The number of hydrazone groups is 1. The number of carbonyl (C=O) groups is 2. The fourth-order valence-electron chi connectivity index (χ4n) is 1.55. The molecule has 0 aliphatic carbocycles. The van der Waals surface area contributed by atoms with Gasteiger partial charge in [0.25, 0.3) is 11.8 Å². The van der Waals surface area contributed by atoms with Crippen LogP contribution in [0.2, 0.25) is 0 Å². The molecule has 1 aromatic heterocycles. The molecule has 0 spiro atoms. The van der Waals surface area contributed by atoms with Crippen LogP contribution in [0.4, 0.5) is 0 Å². The van der Waals surface area contributed by atoms with E-state index >= 15 is 0 Å². The number of phenolic OH excluding ortho intramolecular Hbond substituents is 1.